The number of thiophene rings is 1. The SMILES string of the molecule is CCN(CCOC)C(=O)Cc1ccc(S(N)(=O)=O)s1. The second kappa shape index (κ2) is 6.99. The van der Waals surface area contributed by atoms with Gasteiger partial charge >= 0.3 is 0 Å². The Balaban J connectivity index is 2.68. The summed E-state index contributed by atoms with van der Waals surface area (Å²) in [5.41, 5.74) is 0. The maximum absolute atomic E-state index is 12.0. The van der Waals surface area contributed by atoms with Crippen molar-refractivity contribution >= 4 is 27.3 Å². The molecule has 1 heterocycles. The first-order chi connectivity index (χ1) is 8.88. The number of methoxy groups -OCH3 is 1. The third-order valence-corrected chi connectivity index (χ3v) is 5.07. The van der Waals surface area contributed by atoms with Crippen LogP contribution in [0.25, 0.3) is 0 Å². The van der Waals surface area contributed by atoms with Gasteiger partial charge in [-0.3, -0.25) is 4.79 Å². The topological polar surface area (TPSA) is 89.7 Å². The molecule has 0 aliphatic rings. The van der Waals surface area contributed by atoms with Crippen molar-refractivity contribution in [2.24, 2.45) is 5.14 Å². The highest BCUT2D eigenvalue weighted by Gasteiger charge is 2.16. The van der Waals surface area contributed by atoms with Gasteiger partial charge in [-0.15, -0.1) is 11.3 Å². The third-order valence-electron chi connectivity index (χ3n) is 2.54. The third kappa shape index (κ3) is 4.90. The van der Waals surface area contributed by atoms with E-state index in [0.717, 1.165) is 11.3 Å². The molecule has 0 aromatic carbocycles. The summed E-state index contributed by atoms with van der Waals surface area (Å²) in [7, 11) is -2.10. The number of carbonyl (C=O) groups is 1. The fourth-order valence-corrected chi connectivity index (χ4v) is 3.30. The molecular formula is C11H18N2O4S2. The normalized spacial score (nSPS) is 11.5. The molecule has 0 saturated heterocycles. The van der Waals surface area contributed by atoms with Crippen molar-refractivity contribution in [1.29, 1.82) is 0 Å². The Hall–Kier alpha value is -0.960. The van der Waals surface area contributed by atoms with Gasteiger partial charge in [0.25, 0.3) is 0 Å². The van der Waals surface area contributed by atoms with Gasteiger partial charge in [-0.25, -0.2) is 13.6 Å². The average molecular weight is 306 g/mol. The number of sulfonamides is 1. The number of carbonyl (C=O) groups excluding carboxylic acids is 1. The molecule has 1 rings (SSSR count). The zero-order valence-corrected chi connectivity index (χ0v) is 12.6. The van der Waals surface area contributed by atoms with Crippen LogP contribution in [0.15, 0.2) is 16.3 Å². The number of hydrogen-bond donors (Lipinski definition) is 1. The number of nitrogens with two attached hydrogens (primary N) is 1. The zero-order valence-electron chi connectivity index (χ0n) is 11.0. The average Bonchev–Trinajstić information content (AvgIpc) is 2.78. The summed E-state index contributed by atoms with van der Waals surface area (Å²) in [5, 5.41) is 5.02. The van der Waals surface area contributed by atoms with Crippen LogP contribution in [0.3, 0.4) is 0 Å². The highest BCUT2D eigenvalue weighted by Crippen LogP contribution is 2.21. The van der Waals surface area contributed by atoms with Gasteiger partial charge in [-0.2, -0.15) is 0 Å². The van der Waals surface area contributed by atoms with Gasteiger partial charge in [-0.1, -0.05) is 0 Å². The number of primary sulfonamides is 1. The van der Waals surface area contributed by atoms with Gasteiger partial charge < -0.3 is 9.64 Å². The van der Waals surface area contributed by atoms with Crippen molar-refractivity contribution in [2.45, 2.75) is 17.6 Å². The van der Waals surface area contributed by atoms with E-state index in [1.54, 1.807) is 18.1 Å². The first-order valence-corrected chi connectivity index (χ1v) is 8.13. The van der Waals surface area contributed by atoms with Gasteiger partial charge in [0, 0.05) is 25.1 Å². The molecule has 1 aromatic heterocycles. The van der Waals surface area contributed by atoms with Crippen molar-refractivity contribution in [3.8, 4) is 0 Å². The number of ether oxygens (including phenoxy) is 1. The minimum atomic E-state index is -3.68. The maximum Gasteiger partial charge on any atom is 0.247 e. The van der Waals surface area contributed by atoms with E-state index in [2.05, 4.69) is 0 Å². The lowest BCUT2D eigenvalue weighted by Gasteiger charge is -2.19. The number of amides is 1. The van der Waals surface area contributed by atoms with E-state index >= 15 is 0 Å². The summed E-state index contributed by atoms with van der Waals surface area (Å²) in [6.07, 6.45) is 0.178. The van der Waals surface area contributed by atoms with Crippen molar-refractivity contribution in [2.75, 3.05) is 26.8 Å². The predicted octanol–water partition coefficient (Wildman–Crippen LogP) is 0.433. The monoisotopic (exact) mass is 306 g/mol. The molecule has 0 bridgehead atoms. The Labute approximate surface area is 117 Å². The number of hydrogen-bond acceptors (Lipinski definition) is 5. The highest BCUT2D eigenvalue weighted by molar-refractivity contribution is 7.91. The molecule has 2 N–H and O–H groups in total. The second-order valence-corrected chi connectivity index (χ2v) is 6.87. The Morgan fingerprint density at radius 1 is 1.47 bits per heavy atom. The standard InChI is InChI=1S/C11H18N2O4S2/c1-3-13(6-7-17-2)10(14)8-9-4-5-11(18-9)19(12,15)16/h4-5H,3,6-8H2,1-2H3,(H2,12,15,16). The minimum Gasteiger partial charge on any atom is -0.383 e. The summed E-state index contributed by atoms with van der Waals surface area (Å²) in [5.74, 6) is -0.0534. The Kier molecular flexibility index (Phi) is 5.92. The molecule has 0 saturated carbocycles. The molecule has 0 aliphatic carbocycles. The number of rotatable bonds is 7. The summed E-state index contributed by atoms with van der Waals surface area (Å²) in [4.78, 5) is 14.4. The summed E-state index contributed by atoms with van der Waals surface area (Å²) >= 11 is 1.03. The van der Waals surface area contributed by atoms with Crippen LogP contribution in [0.5, 0.6) is 0 Å². The zero-order chi connectivity index (χ0) is 14.5. The first-order valence-electron chi connectivity index (χ1n) is 5.76. The van der Waals surface area contributed by atoms with Crippen LogP contribution in [0, 0.1) is 0 Å². The molecule has 0 fully saturated rings. The van der Waals surface area contributed by atoms with Gasteiger partial charge in [0.2, 0.25) is 15.9 Å². The molecule has 1 amide bonds. The minimum absolute atomic E-state index is 0.0534. The van der Waals surface area contributed by atoms with Crippen molar-refractivity contribution < 1.29 is 17.9 Å². The van der Waals surface area contributed by atoms with Crippen LogP contribution >= 0.6 is 11.3 Å². The molecule has 0 aliphatic heterocycles. The lowest BCUT2D eigenvalue weighted by atomic mass is 10.3. The van der Waals surface area contributed by atoms with Crippen LogP contribution in [0.2, 0.25) is 0 Å². The van der Waals surface area contributed by atoms with Crippen LogP contribution in [0.4, 0.5) is 0 Å². The molecule has 108 valence electrons. The predicted molar refractivity (Wildman–Crippen MR) is 73.5 cm³/mol. The van der Waals surface area contributed by atoms with Crippen LogP contribution in [0.1, 0.15) is 11.8 Å². The van der Waals surface area contributed by atoms with Crippen molar-refractivity contribution in [1.82, 2.24) is 4.90 Å². The largest absolute Gasteiger partial charge is 0.383 e. The Morgan fingerprint density at radius 3 is 2.63 bits per heavy atom. The molecule has 0 radical (unpaired) electrons. The molecule has 0 atom stereocenters. The molecule has 0 spiro atoms. The van der Waals surface area contributed by atoms with E-state index in [9.17, 15) is 13.2 Å². The van der Waals surface area contributed by atoms with E-state index in [0.29, 0.717) is 24.6 Å². The highest BCUT2D eigenvalue weighted by atomic mass is 32.2. The Morgan fingerprint density at radius 2 is 2.16 bits per heavy atom. The molecular weight excluding hydrogens is 288 g/mol. The van der Waals surface area contributed by atoms with E-state index in [1.807, 2.05) is 6.92 Å². The van der Waals surface area contributed by atoms with Crippen LogP contribution < -0.4 is 5.14 Å². The van der Waals surface area contributed by atoms with E-state index in [4.69, 9.17) is 9.88 Å². The Bertz CT molecular complexity index is 525. The molecule has 19 heavy (non-hydrogen) atoms. The fourth-order valence-electron chi connectivity index (χ4n) is 1.53. The van der Waals surface area contributed by atoms with Crippen molar-refractivity contribution in [3.63, 3.8) is 0 Å². The summed E-state index contributed by atoms with van der Waals surface area (Å²) in [6, 6.07) is 3.04. The maximum atomic E-state index is 12.0. The molecule has 6 nitrogen and oxygen atoms in total. The quantitative estimate of drug-likeness (QED) is 0.791. The van der Waals surface area contributed by atoms with Crippen molar-refractivity contribution in [3.05, 3.63) is 17.0 Å². The van der Waals surface area contributed by atoms with E-state index in [1.165, 1.54) is 6.07 Å². The van der Waals surface area contributed by atoms with Crippen LogP contribution in [-0.2, 0) is 26.0 Å². The lowest BCUT2D eigenvalue weighted by molar-refractivity contribution is -0.130. The summed E-state index contributed by atoms with van der Waals surface area (Å²) in [6.45, 7) is 3.49. The molecule has 0 unspecified atom stereocenters. The first kappa shape index (κ1) is 16.1. The molecule has 1 aromatic rings. The smallest absolute Gasteiger partial charge is 0.247 e. The van der Waals surface area contributed by atoms with E-state index in [-0.39, 0.29) is 16.5 Å². The van der Waals surface area contributed by atoms with E-state index < -0.39 is 10.0 Å². The van der Waals surface area contributed by atoms with Gasteiger partial charge in [0.15, 0.2) is 0 Å². The van der Waals surface area contributed by atoms with Gasteiger partial charge in [0.1, 0.15) is 4.21 Å². The van der Waals surface area contributed by atoms with Gasteiger partial charge in [-0.05, 0) is 19.1 Å². The fraction of sp³-hybridized carbons (Fsp3) is 0.545. The lowest BCUT2D eigenvalue weighted by Crippen LogP contribution is -2.34. The number of nitrogens with zero attached hydrogens (tertiary/aromatic N) is 1. The molecule has 8 heteroatoms. The van der Waals surface area contributed by atoms with Gasteiger partial charge in [0.05, 0.1) is 13.0 Å². The number of likely N-dealkylation sites (N-methyl/N-ethyl adjacent to an activating group) is 1. The second-order valence-electron chi connectivity index (χ2n) is 3.91. The van der Waals surface area contributed by atoms with Crippen LogP contribution in [-0.4, -0.2) is 46.0 Å². The summed E-state index contributed by atoms with van der Waals surface area (Å²) < 4.78 is 27.3.